The number of carbonyl (C=O) groups is 1. The van der Waals surface area contributed by atoms with Gasteiger partial charge in [0.05, 0.1) is 5.69 Å². The number of aromatic nitrogens is 3. The largest absolute Gasteiger partial charge is 0.358 e. The Balaban J connectivity index is 1.55. The van der Waals surface area contributed by atoms with Gasteiger partial charge < -0.3 is 10.2 Å². The summed E-state index contributed by atoms with van der Waals surface area (Å²) in [4.78, 5) is 26.7. The highest BCUT2D eigenvalue weighted by Gasteiger charge is 2.33. The molecule has 0 aliphatic carbocycles. The lowest BCUT2D eigenvalue weighted by molar-refractivity contribution is -0.117. The Morgan fingerprint density at radius 2 is 1.96 bits per heavy atom. The van der Waals surface area contributed by atoms with Crippen LogP contribution in [-0.4, -0.2) is 33.4 Å². The van der Waals surface area contributed by atoms with Gasteiger partial charge in [-0.25, -0.2) is 14.4 Å². The first-order valence-corrected chi connectivity index (χ1v) is 7.62. The van der Waals surface area contributed by atoms with E-state index in [0.29, 0.717) is 35.6 Å². The number of halogens is 1. The van der Waals surface area contributed by atoms with E-state index in [9.17, 15) is 9.18 Å². The number of carbonyl (C=O) groups excluding carboxylic acids is 1. The van der Waals surface area contributed by atoms with Crippen LogP contribution in [0.3, 0.4) is 0 Å². The number of hydrogen-bond acceptors (Lipinski definition) is 5. The standard InChI is InChI=1S/C17H14FN5O/c18-11-3-1-2-4-14(11)23-10-7-13(17(23)24)21-15-6-5-12-16(22-15)20-9-8-19-12/h1-6,8-9,13H,7,10H2,(H,20,21,22)/t13-/m0/s1. The summed E-state index contributed by atoms with van der Waals surface area (Å²) in [6, 6.07) is 9.41. The van der Waals surface area contributed by atoms with E-state index in [2.05, 4.69) is 20.3 Å². The number of fused-ring (bicyclic) bond motifs is 1. The number of rotatable bonds is 3. The second-order valence-corrected chi connectivity index (χ2v) is 5.52. The number of anilines is 2. The first kappa shape index (κ1) is 14.5. The fraction of sp³-hybridized carbons (Fsp3) is 0.176. The van der Waals surface area contributed by atoms with Crippen molar-refractivity contribution in [2.24, 2.45) is 0 Å². The lowest BCUT2D eigenvalue weighted by Crippen LogP contribution is -2.34. The molecule has 2 aromatic heterocycles. The summed E-state index contributed by atoms with van der Waals surface area (Å²) in [5.41, 5.74) is 1.51. The van der Waals surface area contributed by atoms with Gasteiger partial charge in [0.1, 0.15) is 23.2 Å². The van der Waals surface area contributed by atoms with Gasteiger partial charge in [-0.05, 0) is 30.7 Å². The maximum absolute atomic E-state index is 13.9. The molecule has 0 radical (unpaired) electrons. The molecule has 3 aromatic rings. The highest BCUT2D eigenvalue weighted by Crippen LogP contribution is 2.25. The van der Waals surface area contributed by atoms with E-state index in [-0.39, 0.29) is 5.91 Å². The number of hydrogen-bond donors (Lipinski definition) is 1. The van der Waals surface area contributed by atoms with Crippen LogP contribution in [0.25, 0.3) is 11.2 Å². The van der Waals surface area contributed by atoms with Gasteiger partial charge in [-0.2, -0.15) is 0 Å². The smallest absolute Gasteiger partial charge is 0.249 e. The molecule has 1 N–H and O–H groups in total. The normalized spacial score (nSPS) is 17.5. The molecule has 4 rings (SSSR count). The topological polar surface area (TPSA) is 71.0 Å². The number of pyridine rings is 1. The van der Waals surface area contributed by atoms with Gasteiger partial charge in [-0.3, -0.25) is 9.78 Å². The first-order valence-electron chi connectivity index (χ1n) is 7.62. The minimum absolute atomic E-state index is 0.166. The Morgan fingerprint density at radius 1 is 1.12 bits per heavy atom. The quantitative estimate of drug-likeness (QED) is 0.801. The van der Waals surface area contributed by atoms with E-state index >= 15 is 0 Å². The maximum Gasteiger partial charge on any atom is 0.249 e. The zero-order chi connectivity index (χ0) is 16.5. The van der Waals surface area contributed by atoms with Crippen molar-refractivity contribution in [3.8, 4) is 0 Å². The van der Waals surface area contributed by atoms with Crippen LogP contribution in [0.15, 0.2) is 48.8 Å². The highest BCUT2D eigenvalue weighted by atomic mass is 19.1. The van der Waals surface area contributed by atoms with Gasteiger partial charge in [0.25, 0.3) is 0 Å². The third-order valence-electron chi connectivity index (χ3n) is 4.00. The van der Waals surface area contributed by atoms with Crippen molar-refractivity contribution < 1.29 is 9.18 Å². The number of benzene rings is 1. The molecule has 6 nitrogen and oxygen atoms in total. The highest BCUT2D eigenvalue weighted by molar-refractivity contribution is 6.01. The summed E-state index contributed by atoms with van der Waals surface area (Å²) >= 11 is 0. The fourth-order valence-electron chi connectivity index (χ4n) is 2.84. The van der Waals surface area contributed by atoms with Crippen LogP contribution in [-0.2, 0) is 4.79 Å². The van der Waals surface area contributed by atoms with Gasteiger partial charge in [-0.1, -0.05) is 12.1 Å². The van der Waals surface area contributed by atoms with Crippen molar-refractivity contribution in [3.05, 3.63) is 54.6 Å². The molecule has 1 aliphatic rings. The van der Waals surface area contributed by atoms with Gasteiger partial charge in [0.2, 0.25) is 5.91 Å². The zero-order valence-corrected chi connectivity index (χ0v) is 12.7. The lowest BCUT2D eigenvalue weighted by atomic mass is 10.2. The van der Waals surface area contributed by atoms with Crippen LogP contribution in [0.1, 0.15) is 6.42 Å². The summed E-state index contributed by atoms with van der Waals surface area (Å²) < 4.78 is 13.9. The monoisotopic (exact) mass is 323 g/mol. The van der Waals surface area contributed by atoms with Crippen molar-refractivity contribution in [2.75, 3.05) is 16.8 Å². The van der Waals surface area contributed by atoms with Gasteiger partial charge in [0.15, 0.2) is 5.65 Å². The third-order valence-corrected chi connectivity index (χ3v) is 4.00. The van der Waals surface area contributed by atoms with E-state index in [1.54, 1.807) is 42.7 Å². The molecule has 1 atom stereocenters. The van der Waals surface area contributed by atoms with E-state index < -0.39 is 11.9 Å². The number of nitrogens with one attached hydrogen (secondary N) is 1. The third kappa shape index (κ3) is 2.54. The average Bonchev–Trinajstić information content (AvgIpc) is 2.96. The van der Waals surface area contributed by atoms with E-state index in [4.69, 9.17) is 0 Å². The van der Waals surface area contributed by atoms with E-state index in [1.165, 1.54) is 11.0 Å². The SMILES string of the molecule is O=C1[C@@H](Nc2ccc3nccnc3n2)CCN1c1ccccc1F. The van der Waals surface area contributed by atoms with Crippen molar-refractivity contribution >= 4 is 28.6 Å². The Kier molecular flexibility index (Phi) is 3.53. The molecule has 0 saturated carbocycles. The second-order valence-electron chi connectivity index (χ2n) is 5.52. The first-order chi connectivity index (χ1) is 11.7. The van der Waals surface area contributed by atoms with Crippen molar-refractivity contribution in [1.29, 1.82) is 0 Å². The van der Waals surface area contributed by atoms with Gasteiger partial charge in [0, 0.05) is 18.9 Å². The molecule has 1 aromatic carbocycles. The van der Waals surface area contributed by atoms with Crippen LogP contribution in [0.2, 0.25) is 0 Å². The van der Waals surface area contributed by atoms with Crippen LogP contribution >= 0.6 is 0 Å². The predicted octanol–water partition coefficient (Wildman–Crippen LogP) is 2.38. The van der Waals surface area contributed by atoms with Crippen LogP contribution in [0.5, 0.6) is 0 Å². The summed E-state index contributed by atoms with van der Waals surface area (Å²) in [7, 11) is 0. The minimum Gasteiger partial charge on any atom is -0.358 e. The Labute approximate surface area is 137 Å². The molecule has 3 heterocycles. The molecule has 0 bridgehead atoms. The molecule has 1 fully saturated rings. The molecule has 1 aliphatic heterocycles. The Hall–Kier alpha value is -3.09. The second kappa shape index (κ2) is 5.84. The van der Waals surface area contributed by atoms with E-state index in [0.717, 1.165) is 0 Å². The summed E-state index contributed by atoms with van der Waals surface area (Å²) in [5.74, 6) is -0.0107. The maximum atomic E-state index is 13.9. The van der Waals surface area contributed by atoms with Crippen LogP contribution in [0, 0.1) is 5.82 Å². The van der Waals surface area contributed by atoms with Crippen molar-refractivity contribution in [3.63, 3.8) is 0 Å². The predicted molar refractivity (Wildman–Crippen MR) is 88.1 cm³/mol. The molecule has 1 amide bonds. The fourth-order valence-corrected chi connectivity index (χ4v) is 2.84. The molecule has 120 valence electrons. The number of nitrogens with zero attached hydrogens (tertiary/aromatic N) is 4. The molecule has 0 unspecified atom stereocenters. The van der Waals surface area contributed by atoms with Crippen molar-refractivity contribution in [2.45, 2.75) is 12.5 Å². The van der Waals surface area contributed by atoms with Gasteiger partial charge >= 0.3 is 0 Å². The molecule has 0 spiro atoms. The van der Waals surface area contributed by atoms with Gasteiger partial charge in [-0.15, -0.1) is 0 Å². The van der Waals surface area contributed by atoms with Crippen LogP contribution < -0.4 is 10.2 Å². The molecular weight excluding hydrogens is 309 g/mol. The summed E-state index contributed by atoms with van der Waals surface area (Å²) in [5, 5.41) is 3.11. The lowest BCUT2D eigenvalue weighted by Gasteiger charge is -2.18. The average molecular weight is 323 g/mol. The summed E-state index contributed by atoms with van der Waals surface area (Å²) in [6.07, 6.45) is 3.75. The number of para-hydroxylation sites is 1. The minimum atomic E-state index is -0.439. The number of amides is 1. The van der Waals surface area contributed by atoms with Crippen molar-refractivity contribution in [1.82, 2.24) is 15.0 Å². The molecule has 7 heteroatoms. The summed E-state index contributed by atoms with van der Waals surface area (Å²) in [6.45, 7) is 0.463. The zero-order valence-electron chi connectivity index (χ0n) is 12.7. The molecule has 24 heavy (non-hydrogen) atoms. The molecule has 1 saturated heterocycles. The Morgan fingerprint density at radius 3 is 2.83 bits per heavy atom. The molecular formula is C17H14FN5O. The van der Waals surface area contributed by atoms with E-state index in [1.807, 2.05) is 0 Å². The van der Waals surface area contributed by atoms with Crippen LogP contribution in [0.4, 0.5) is 15.9 Å². The Bertz CT molecular complexity index is 916.